The lowest BCUT2D eigenvalue weighted by Crippen LogP contribution is -2.60. The first-order valence-electron chi connectivity index (χ1n) is 8.35. The number of nitrogens with one attached hydrogen (secondary N) is 1. The Morgan fingerprint density at radius 3 is 2.63 bits per heavy atom. The van der Waals surface area contributed by atoms with Crippen LogP contribution in [0.4, 0.5) is 10.2 Å². The number of hydrogen-bond donors (Lipinski definition) is 2. The van der Waals surface area contributed by atoms with Crippen molar-refractivity contribution in [3.8, 4) is 5.75 Å². The lowest BCUT2D eigenvalue weighted by Gasteiger charge is -2.45. The van der Waals surface area contributed by atoms with Gasteiger partial charge in [-0.2, -0.15) is 5.10 Å². The van der Waals surface area contributed by atoms with Gasteiger partial charge in [0.25, 0.3) is 5.56 Å². The average molecular weight is 379 g/mol. The summed E-state index contributed by atoms with van der Waals surface area (Å²) in [6.45, 7) is 0.107. The summed E-state index contributed by atoms with van der Waals surface area (Å²) in [7, 11) is 4.50. The summed E-state index contributed by atoms with van der Waals surface area (Å²) in [4.78, 5) is 11.6. The van der Waals surface area contributed by atoms with E-state index in [-0.39, 0.29) is 18.8 Å². The number of aliphatic hydroxyl groups is 1. The van der Waals surface area contributed by atoms with Crippen LogP contribution in [0.3, 0.4) is 0 Å². The molecular formula is C18H22FN3O5. The Morgan fingerprint density at radius 1 is 1.30 bits per heavy atom. The van der Waals surface area contributed by atoms with Gasteiger partial charge in [0.05, 0.1) is 19.3 Å². The Hall–Kier alpha value is -2.49. The molecule has 1 aliphatic rings. The Kier molecular flexibility index (Phi) is 5.45. The highest BCUT2D eigenvalue weighted by Crippen LogP contribution is 2.42. The number of methoxy groups -OCH3 is 2. The number of aliphatic hydroxyl groups excluding tert-OH is 1. The third-order valence-electron chi connectivity index (χ3n) is 4.52. The summed E-state index contributed by atoms with van der Waals surface area (Å²) >= 11 is 0. The molecule has 0 radical (unpaired) electrons. The fourth-order valence-electron chi connectivity index (χ4n) is 3.26. The highest BCUT2D eigenvalue weighted by molar-refractivity contribution is 5.47. The molecule has 0 spiro atoms. The molecule has 0 saturated carbocycles. The third-order valence-corrected chi connectivity index (χ3v) is 4.52. The molecule has 8 nitrogen and oxygen atoms in total. The van der Waals surface area contributed by atoms with Gasteiger partial charge in [0, 0.05) is 32.9 Å². The van der Waals surface area contributed by atoms with E-state index in [1.165, 1.54) is 51.6 Å². The van der Waals surface area contributed by atoms with Crippen LogP contribution in [0.5, 0.6) is 5.75 Å². The predicted octanol–water partition coefficient (Wildman–Crippen LogP) is 0.857. The van der Waals surface area contributed by atoms with Gasteiger partial charge in [0.2, 0.25) is 0 Å². The number of aromatic nitrogens is 2. The number of ether oxygens (including phenoxy) is 3. The van der Waals surface area contributed by atoms with Crippen LogP contribution in [0.15, 0.2) is 35.1 Å². The van der Waals surface area contributed by atoms with Crippen LogP contribution in [-0.4, -0.2) is 54.0 Å². The Bertz CT molecular complexity index is 866. The zero-order valence-corrected chi connectivity index (χ0v) is 15.3. The highest BCUT2D eigenvalue weighted by Gasteiger charge is 2.50. The maximum atomic E-state index is 13.9. The Labute approximate surface area is 155 Å². The van der Waals surface area contributed by atoms with Crippen molar-refractivity contribution >= 4 is 5.82 Å². The molecule has 0 unspecified atom stereocenters. The number of fused-ring (bicyclic) bond motifs is 1. The normalized spacial score (nSPS) is 20.6. The fourth-order valence-corrected chi connectivity index (χ4v) is 3.26. The summed E-state index contributed by atoms with van der Waals surface area (Å²) in [5.74, 6) is 0.288. The van der Waals surface area contributed by atoms with Crippen LogP contribution in [0.25, 0.3) is 0 Å². The molecule has 0 fully saturated rings. The van der Waals surface area contributed by atoms with Crippen LogP contribution in [0, 0.1) is 5.82 Å². The maximum Gasteiger partial charge on any atom is 0.266 e. The molecule has 0 aliphatic carbocycles. The largest absolute Gasteiger partial charge is 0.479 e. The van der Waals surface area contributed by atoms with Crippen molar-refractivity contribution in [2.24, 2.45) is 7.05 Å². The number of benzene rings is 1. The molecule has 2 N–H and O–H groups in total. The number of hydrogen-bond acceptors (Lipinski definition) is 7. The maximum absolute atomic E-state index is 13.9. The third kappa shape index (κ3) is 3.66. The first-order chi connectivity index (χ1) is 12.9. The van der Waals surface area contributed by atoms with Crippen molar-refractivity contribution in [2.45, 2.75) is 17.7 Å². The van der Waals surface area contributed by atoms with Crippen molar-refractivity contribution in [1.82, 2.24) is 9.78 Å². The lowest BCUT2D eigenvalue weighted by molar-refractivity contribution is -0.142. The number of halogens is 1. The van der Waals surface area contributed by atoms with E-state index in [9.17, 15) is 14.3 Å². The minimum absolute atomic E-state index is 0.0533. The van der Waals surface area contributed by atoms with Gasteiger partial charge in [-0.1, -0.05) is 0 Å². The van der Waals surface area contributed by atoms with E-state index in [0.717, 1.165) is 4.68 Å². The number of aryl methyl sites for hydroxylation is 1. The minimum Gasteiger partial charge on any atom is -0.479 e. The second kappa shape index (κ2) is 7.63. The van der Waals surface area contributed by atoms with Crippen molar-refractivity contribution in [3.05, 3.63) is 52.1 Å². The van der Waals surface area contributed by atoms with E-state index in [2.05, 4.69) is 10.4 Å². The van der Waals surface area contributed by atoms with E-state index < -0.39 is 23.6 Å². The lowest BCUT2D eigenvalue weighted by atomic mass is 9.84. The van der Waals surface area contributed by atoms with Crippen LogP contribution in [0.2, 0.25) is 0 Å². The van der Waals surface area contributed by atoms with Gasteiger partial charge in [-0.25, -0.2) is 9.07 Å². The highest BCUT2D eigenvalue weighted by atomic mass is 19.1. The van der Waals surface area contributed by atoms with Crippen LogP contribution in [0.1, 0.15) is 11.6 Å². The van der Waals surface area contributed by atoms with Crippen molar-refractivity contribution in [2.75, 3.05) is 32.8 Å². The Morgan fingerprint density at radius 2 is 2.00 bits per heavy atom. The minimum atomic E-state index is -1.20. The molecule has 1 aliphatic heterocycles. The first kappa shape index (κ1) is 19.3. The van der Waals surface area contributed by atoms with Gasteiger partial charge in [0.1, 0.15) is 23.5 Å². The van der Waals surface area contributed by atoms with Gasteiger partial charge in [0.15, 0.2) is 5.60 Å². The topological polar surface area (TPSA) is 94.8 Å². The van der Waals surface area contributed by atoms with Gasteiger partial charge in [-0.3, -0.25) is 4.79 Å². The molecule has 2 heterocycles. The predicted molar refractivity (Wildman–Crippen MR) is 95.4 cm³/mol. The monoisotopic (exact) mass is 379 g/mol. The zero-order valence-electron chi connectivity index (χ0n) is 15.3. The van der Waals surface area contributed by atoms with Crippen molar-refractivity contribution in [1.29, 1.82) is 0 Å². The average Bonchev–Trinajstić information content (AvgIpc) is 2.63. The second-order valence-corrected chi connectivity index (χ2v) is 6.46. The molecule has 27 heavy (non-hydrogen) atoms. The van der Waals surface area contributed by atoms with Gasteiger partial charge in [-0.15, -0.1) is 0 Å². The van der Waals surface area contributed by atoms with Crippen molar-refractivity contribution < 1.29 is 23.7 Å². The van der Waals surface area contributed by atoms with Gasteiger partial charge < -0.3 is 24.6 Å². The second-order valence-electron chi connectivity index (χ2n) is 6.46. The zero-order chi connectivity index (χ0) is 19.6. The molecule has 0 saturated heterocycles. The molecule has 1 aromatic carbocycles. The quantitative estimate of drug-likeness (QED) is 0.769. The van der Waals surface area contributed by atoms with E-state index >= 15 is 0 Å². The summed E-state index contributed by atoms with van der Waals surface area (Å²) in [5.41, 5.74) is -1.04. The molecular weight excluding hydrogens is 357 g/mol. The molecule has 2 atom stereocenters. The standard InChI is InChI=1S/C18H22FN3O5/c1-22-15(23)7-6-14(21-22)20-16-12-8-11(19)4-5-13(12)27-18(9-25-2,10-26-3)17(16)24/h4-8,16-17,24H,9-10H2,1-3H3,(H,20,21)/t16-,17+/m0/s1. The molecule has 1 aromatic heterocycles. The molecule has 0 amide bonds. The molecule has 3 rings (SSSR count). The summed E-state index contributed by atoms with van der Waals surface area (Å²) in [6.07, 6.45) is -1.15. The first-order valence-corrected chi connectivity index (χ1v) is 8.35. The van der Waals surface area contributed by atoms with E-state index in [1.807, 2.05) is 0 Å². The molecule has 0 bridgehead atoms. The van der Waals surface area contributed by atoms with Crippen LogP contribution in [-0.2, 0) is 16.5 Å². The number of anilines is 1. The Balaban J connectivity index is 2.06. The van der Waals surface area contributed by atoms with Crippen LogP contribution >= 0.6 is 0 Å². The smallest absolute Gasteiger partial charge is 0.266 e. The summed E-state index contributed by atoms with van der Waals surface area (Å²) < 4.78 is 31.5. The van der Waals surface area contributed by atoms with E-state index in [4.69, 9.17) is 14.2 Å². The number of rotatable bonds is 6. The van der Waals surface area contributed by atoms with Gasteiger partial charge >= 0.3 is 0 Å². The summed E-state index contributed by atoms with van der Waals surface area (Å²) in [6, 6.07) is 6.16. The number of nitrogens with zero attached hydrogens (tertiary/aromatic N) is 2. The van der Waals surface area contributed by atoms with Crippen molar-refractivity contribution in [3.63, 3.8) is 0 Å². The molecule has 146 valence electrons. The van der Waals surface area contributed by atoms with Gasteiger partial charge in [-0.05, 0) is 24.3 Å². The molecule has 9 heteroatoms. The van der Waals surface area contributed by atoms with E-state index in [0.29, 0.717) is 17.1 Å². The SMILES string of the molecule is COCC1(COC)Oc2ccc(F)cc2[C@H](Nc2ccc(=O)n(C)n2)[C@H]1O. The molecule has 2 aromatic rings. The van der Waals surface area contributed by atoms with Crippen LogP contribution < -0.4 is 15.6 Å². The fraction of sp³-hybridized carbons (Fsp3) is 0.444. The van der Waals surface area contributed by atoms with E-state index in [1.54, 1.807) is 0 Å². The summed E-state index contributed by atoms with van der Waals surface area (Å²) in [5, 5.41) is 18.3.